The van der Waals surface area contributed by atoms with E-state index in [1.54, 1.807) is 0 Å². The van der Waals surface area contributed by atoms with Crippen LogP contribution < -0.4 is 0 Å². The molecule has 0 atom stereocenters. The predicted octanol–water partition coefficient (Wildman–Crippen LogP) is 3.25. The van der Waals surface area contributed by atoms with Crippen molar-refractivity contribution in [3.63, 3.8) is 0 Å². The van der Waals surface area contributed by atoms with Gasteiger partial charge in [-0.25, -0.2) is 0 Å². The van der Waals surface area contributed by atoms with E-state index in [9.17, 15) is 4.79 Å². The summed E-state index contributed by atoms with van der Waals surface area (Å²) in [6, 6.07) is 0. The summed E-state index contributed by atoms with van der Waals surface area (Å²) in [6.07, 6.45) is 3.33. The molecule has 0 heterocycles. The Labute approximate surface area is 96.1 Å². The summed E-state index contributed by atoms with van der Waals surface area (Å²) in [4.78, 5) is 11.7. The summed E-state index contributed by atoms with van der Waals surface area (Å²) in [6.45, 7) is 6.82. The van der Waals surface area contributed by atoms with E-state index >= 15 is 0 Å². The Bertz CT molecular complexity index is 176. The molecular weight excluding hydrogens is 373 g/mol. The van der Waals surface area contributed by atoms with E-state index in [4.69, 9.17) is 4.74 Å². The van der Waals surface area contributed by atoms with Crippen LogP contribution in [0.4, 0.5) is 0 Å². The Morgan fingerprint density at radius 2 is 1.86 bits per heavy atom. The van der Waals surface area contributed by atoms with Gasteiger partial charge in [0, 0.05) is 0 Å². The van der Waals surface area contributed by atoms with Crippen molar-refractivity contribution < 1.29 is 9.53 Å². The average Bonchev–Trinajstić information content (AvgIpc) is 2.11. The van der Waals surface area contributed by atoms with Crippen molar-refractivity contribution in [3.8, 4) is 0 Å². The van der Waals surface area contributed by atoms with Crippen LogP contribution in [0, 0.1) is 0 Å². The fourth-order valence-electron chi connectivity index (χ4n) is 0.876. The van der Waals surface area contributed by atoms with Crippen LogP contribution in [0.2, 0.25) is 12.4 Å². The summed E-state index contributed by atoms with van der Waals surface area (Å²) in [5.41, 5.74) is 0. The van der Waals surface area contributed by atoms with Crippen LogP contribution in [0.5, 0.6) is 0 Å². The first kappa shape index (κ1) is 14.4. The second-order valence-corrected chi connectivity index (χ2v) is 15.6. The number of rotatable bonds is 6. The summed E-state index contributed by atoms with van der Waals surface area (Å²) >= 11 is -1.57. The molecule has 84 valence electrons. The maximum absolute atomic E-state index is 11.7. The molecule has 14 heavy (non-hydrogen) atoms. The minimum absolute atomic E-state index is 0.0244. The van der Waals surface area contributed by atoms with Crippen LogP contribution in [0.25, 0.3) is 0 Å². The molecule has 0 bridgehead atoms. The Hall–Kier alpha value is 0.353. The van der Waals surface area contributed by atoms with Crippen LogP contribution in [0.15, 0.2) is 0 Å². The van der Waals surface area contributed by atoms with Crippen LogP contribution in [0.1, 0.15) is 40.0 Å². The van der Waals surface area contributed by atoms with Gasteiger partial charge in [0.15, 0.2) is 0 Å². The molecule has 3 heteroatoms. The van der Waals surface area contributed by atoms with E-state index in [0.29, 0.717) is 6.61 Å². The molecule has 0 saturated carbocycles. The Balaban J connectivity index is 3.84. The van der Waals surface area contributed by atoms with Gasteiger partial charge in [-0.1, -0.05) is 0 Å². The number of carbonyl (C=O) groups is 1. The zero-order chi connectivity index (χ0) is 11.2. The molecule has 0 fully saturated rings. The minimum atomic E-state index is -1.57. The van der Waals surface area contributed by atoms with Gasteiger partial charge in [0.05, 0.1) is 0 Å². The van der Waals surface area contributed by atoms with E-state index in [2.05, 4.69) is 16.2 Å². The van der Waals surface area contributed by atoms with Crippen LogP contribution in [-0.2, 0) is 9.53 Å². The van der Waals surface area contributed by atoms with Crippen molar-refractivity contribution in [2.75, 3.05) is 6.61 Å². The fraction of sp³-hybridized carbons (Fsp3) is 0.909. The summed E-state index contributed by atoms with van der Waals surface area (Å²) < 4.78 is 9.64. The zero-order valence-corrected chi connectivity index (χ0v) is 13.6. The maximum atomic E-state index is 11.7. The number of carbonyl (C=O) groups excluding carboxylic acids is 1. The first-order valence-corrected chi connectivity index (χ1v) is 14.0. The molecule has 0 aromatic rings. The second kappa shape index (κ2) is 6.77. The summed E-state index contributed by atoms with van der Waals surface area (Å²) in [5, 5.41) is 0. The molecule has 0 spiro atoms. The standard InChI is InChI=1S/C9H17O2.2CH3.Bi/c1-4-5-6-7-11-9(10)8(2)3;;;/h4-7H2,1-3H3;2*1H3;. The molecule has 0 aromatic heterocycles. The number of hydrogen-bond acceptors (Lipinski definition) is 2. The molecule has 0 aromatic carbocycles. The molecule has 0 aliphatic carbocycles. The van der Waals surface area contributed by atoms with Crippen molar-refractivity contribution in [2.45, 2.75) is 52.4 Å². The van der Waals surface area contributed by atoms with Gasteiger partial charge in [-0.2, -0.15) is 0 Å². The molecule has 0 N–H and O–H groups in total. The van der Waals surface area contributed by atoms with Gasteiger partial charge in [0.1, 0.15) is 0 Å². The number of unbranched alkanes of at least 4 members (excludes halogenated alkanes) is 2. The molecular formula is C11H23BiO2. The van der Waals surface area contributed by atoms with E-state index < -0.39 is 21.8 Å². The molecule has 0 unspecified atom stereocenters. The van der Waals surface area contributed by atoms with Crippen molar-refractivity contribution in [1.82, 2.24) is 0 Å². The first-order chi connectivity index (χ1) is 6.42. The zero-order valence-electron chi connectivity index (χ0n) is 10.1. The Kier molecular flexibility index (Phi) is 6.94. The molecule has 2 nitrogen and oxygen atoms in total. The van der Waals surface area contributed by atoms with Crippen LogP contribution in [-0.4, -0.2) is 34.3 Å². The fourth-order valence-corrected chi connectivity index (χ4v) is 2.55. The normalized spacial score (nSPS) is 11.9. The Morgan fingerprint density at radius 1 is 1.29 bits per heavy atom. The summed E-state index contributed by atoms with van der Waals surface area (Å²) in [7, 11) is 0. The van der Waals surface area contributed by atoms with Crippen molar-refractivity contribution in [2.24, 2.45) is 0 Å². The van der Waals surface area contributed by atoms with E-state index in [-0.39, 0.29) is 9.09 Å². The third-order valence-electron chi connectivity index (χ3n) is 2.60. The van der Waals surface area contributed by atoms with Crippen molar-refractivity contribution >= 4 is 27.7 Å². The SMILES string of the molecule is CCCCCOC(=O)[C](C)(C)[Bi]([CH3])[CH3]. The quantitative estimate of drug-likeness (QED) is 0.392. The third kappa shape index (κ3) is 4.73. The van der Waals surface area contributed by atoms with Gasteiger partial charge >= 0.3 is 96.3 Å². The van der Waals surface area contributed by atoms with E-state index in [1.807, 2.05) is 13.8 Å². The van der Waals surface area contributed by atoms with E-state index in [1.165, 1.54) is 6.42 Å². The van der Waals surface area contributed by atoms with Gasteiger partial charge in [-0.3, -0.25) is 0 Å². The molecule has 0 amide bonds. The number of hydrogen-bond donors (Lipinski definition) is 0. The van der Waals surface area contributed by atoms with E-state index in [0.717, 1.165) is 12.8 Å². The van der Waals surface area contributed by atoms with Crippen molar-refractivity contribution in [1.29, 1.82) is 0 Å². The molecule has 0 rings (SSSR count). The van der Waals surface area contributed by atoms with Gasteiger partial charge in [-0.15, -0.1) is 0 Å². The summed E-state index contributed by atoms with van der Waals surface area (Å²) in [5.74, 6) is 0.0244. The van der Waals surface area contributed by atoms with Crippen LogP contribution >= 0.6 is 0 Å². The van der Waals surface area contributed by atoms with Gasteiger partial charge in [0.25, 0.3) is 0 Å². The topological polar surface area (TPSA) is 26.3 Å². The van der Waals surface area contributed by atoms with Crippen molar-refractivity contribution in [3.05, 3.63) is 0 Å². The molecule has 0 aliphatic rings. The van der Waals surface area contributed by atoms with Crippen LogP contribution in [0.3, 0.4) is 0 Å². The number of ether oxygens (including phenoxy) is 1. The Morgan fingerprint density at radius 3 is 2.29 bits per heavy atom. The number of esters is 1. The monoisotopic (exact) mass is 396 g/mol. The first-order valence-electron chi connectivity index (χ1n) is 5.27. The molecule has 0 radical (unpaired) electrons. The van der Waals surface area contributed by atoms with Gasteiger partial charge < -0.3 is 0 Å². The average molecular weight is 396 g/mol. The van der Waals surface area contributed by atoms with Gasteiger partial charge in [-0.05, 0) is 0 Å². The third-order valence-corrected chi connectivity index (χ3v) is 12.0. The molecule has 0 saturated heterocycles. The predicted molar refractivity (Wildman–Crippen MR) is 62.0 cm³/mol. The molecule has 0 aliphatic heterocycles. The van der Waals surface area contributed by atoms with Gasteiger partial charge in [0.2, 0.25) is 0 Å². The second-order valence-electron chi connectivity index (χ2n) is 4.30.